The summed E-state index contributed by atoms with van der Waals surface area (Å²) in [6.45, 7) is 1.32. The van der Waals surface area contributed by atoms with Crippen LogP contribution >= 0.6 is 11.3 Å². The highest BCUT2D eigenvalue weighted by Gasteiger charge is 2.42. The molecule has 2 aromatic heterocycles. The number of carbonyl (C=O) groups is 2. The monoisotopic (exact) mass is 439 g/mol. The van der Waals surface area contributed by atoms with Crippen molar-refractivity contribution in [2.45, 2.75) is 18.4 Å². The van der Waals surface area contributed by atoms with Gasteiger partial charge in [0.05, 0.1) is 17.6 Å². The van der Waals surface area contributed by atoms with Crippen LogP contribution in [0.2, 0.25) is 0 Å². The lowest BCUT2D eigenvalue weighted by Crippen LogP contribution is -2.60. The highest BCUT2D eigenvalue weighted by Crippen LogP contribution is 2.33. The van der Waals surface area contributed by atoms with Crippen LogP contribution < -0.4 is 16.0 Å². The summed E-state index contributed by atoms with van der Waals surface area (Å²) in [5.74, 6) is -0.564. The Morgan fingerprint density at radius 1 is 1.26 bits per heavy atom. The summed E-state index contributed by atoms with van der Waals surface area (Å²) >= 11 is 1.39. The molecule has 0 unspecified atom stereocenters. The number of aromatic nitrogens is 3. The van der Waals surface area contributed by atoms with Crippen molar-refractivity contribution >= 4 is 34.5 Å². The van der Waals surface area contributed by atoms with Gasteiger partial charge in [-0.25, -0.2) is 4.98 Å². The number of likely N-dealkylation sites (N-methyl/N-ethyl adjacent to an activating group) is 1. The minimum Gasteiger partial charge on any atom is -0.370 e. The van der Waals surface area contributed by atoms with Gasteiger partial charge in [0.2, 0.25) is 5.91 Å². The van der Waals surface area contributed by atoms with Gasteiger partial charge in [-0.2, -0.15) is 5.10 Å². The standard InChI is InChI=1S/C21H25N7O2S/c1-27(2)21(20(22)30)7-9-28(10-8-21)17-6-4-3-5-15(17)25-18(29)16-13-31-19(26-16)14-11-23-24-12-14/h3-6,11-13H,7-10H2,1-2H3,(H2,22,30)(H,23,24)(H,25,29). The number of anilines is 2. The topological polar surface area (TPSA) is 120 Å². The molecule has 0 saturated carbocycles. The summed E-state index contributed by atoms with van der Waals surface area (Å²) in [5, 5.41) is 12.1. The number of carbonyl (C=O) groups excluding carboxylic acids is 2. The van der Waals surface area contributed by atoms with Crippen molar-refractivity contribution in [3.05, 3.63) is 47.7 Å². The smallest absolute Gasteiger partial charge is 0.275 e. The average molecular weight is 440 g/mol. The maximum atomic E-state index is 12.8. The van der Waals surface area contributed by atoms with Gasteiger partial charge in [-0.3, -0.25) is 19.6 Å². The number of para-hydroxylation sites is 2. The Morgan fingerprint density at radius 3 is 2.65 bits per heavy atom. The van der Waals surface area contributed by atoms with Crippen molar-refractivity contribution in [1.29, 1.82) is 0 Å². The van der Waals surface area contributed by atoms with Crippen molar-refractivity contribution in [1.82, 2.24) is 20.1 Å². The molecular weight excluding hydrogens is 414 g/mol. The zero-order valence-corrected chi connectivity index (χ0v) is 18.3. The van der Waals surface area contributed by atoms with E-state index in [1.807, 2.05) is 43.3 Å². The van der Waals surface area contributed by atoms with Crippen LogP contribution in [0.1, 0.15) is 23.3 Å². The minimum absolute atomic E-state index is 0.268. The zero-order chi connectivity index (χ0) is 22.0. The number of nitrogens with two attached hydrogens (primary N) is 1. The lowest BCUT2D eigenvalue weighted by molar-refractivity contribution is -0.130. The number of aromatic amines is 1. The van der Waals surface area contributed by atoms with Gasteiger partial charge in [-0.15, -0.1) is 11.3 Å². The fourth-order valence-corrected chi connectivity index (χ4v) is 4.73. The van der Waals surface area contributed by atoms with Crippen LogP contribution in [0.25, 0.3) is 10.6 Å². The van der Waals surface area contributed by atoms with Crippen LogP contribution in [0.15, 0.2) is 42.0 Å². The molecule has 0 radical (unpaired) electrons. The average Bonchev–Trinajstić information content (AvgIpc) is 3.46. The molecule has 0 aliphatic carbocycles. The van der Waals surface area contributed by atoms with Gasteiger partial charge in [0.1, 0.15) is 16.2 Å². The Hall–Kier alpha value is -3.24. The Labute approximate surface area is 184 Å². The van der Waals surface area contributed by atoms with E-state index >= 15 is 0 Å². The van der Waals surface area contributed by atoms with Crippen molar-refractivity contribution in [3.8, 4) is 10.6 Å². The first-order valence-corrected chi connectivity index (χ1v) is 10.9. The van der Waals surface area contributed by atoms with E-state index in [-0.39, 0.29) is 11.8 Å². The Balaban J connectivity index is 1.49. The molecule has 1 aliphatic rings. The molecule has 162 valence electrons. The van der Waals surface area contributed by atoms with E-state index in [2.05, 4.69) is 25.4 Å². The van der Waals surface area contributed by atoms with Gasteiger partial charge in [-0.1, -0.05) is 12.1 Å². The lowest BCUT2D eigenvalue weighted by atomic mass is 9.85. The summed E-state index contributed by atoms with van der Waals surface area (Å²) in [6, 6.07) is 7.67. The van der Waals surface area contributed by atoms with E-state index in [9.17, 15) is 9.59 Å². The molecule has 9 nitrogen and oxygen atoms in total. The van der Waals surface area contributed by atoms with Crippen LogP contribution in [0.3, 0.4) is 0 Å². The second-order valence-corrected chi connectivity index (χ2v) is 8.63. The number of hydrogen-bond donors (Lipinski definition) is 3. The first kappa shape index (κ1) is 21.0. The van der Waals surface area contributed by atoms with E-state index < -0.39 is 5.54 Å². The van der Waals surface area contributed by atoms with Gasteiger partial charge in [-0.05, 0) is 39.1 Å². The second kappa shape index (κ2) is 8.48. The molecule has 2 amide bonds. The fraction of sp³-hybridized carbons (Fsp3) is 0.333. The number of thiazole rings is 1. The molecule has 31 heavy (non-hydrogen) atoms. The van der Waals surface area contributed by atoms with Crippen molar-refractivity contribution in [2.75, 3.05) is 37.4 Å². The molecule has 1 aliphatic heterocycles. The quantitative estimate of drug-likeness (QED) is 0.541. The molecule has 3 heterocycles. The predicted octanol–water partition coefficient (Wildman–Crippen LogP) is 2.17. The highest BCUT2D eigenvalue weighted by atomic mass is 32.1. The molecule has 1 saturated heterocycles. The predicted molar refractivity (Wildman–Crippen MR) is 121 cm³/mol. The summed E-state index contributed by atoms with van der Waals surface area (Å²) in [4.78, 5) is 33.5. The number of piperidine rings is 1. The third kappa shape index (κ3) is 4.04. The molecule has 0 spiro atoms. The number of H-pyrrole nitrogens is 1. The fourth-order valence-electron chi connectivity index (χ4n) is 3.95. The molecular formula is C21H25N7O2S. The van der Waals surface area contributed by atoms with Crippen LogP contribution in [-0.2, 0) is 4.79 Å². The molecule has 4 N–H and O–H groups in total. The number of primary amides is 1. The summed E-state index contributed by atoms with van der Waals surface area (Å²) in [5.41, 5.74) is 7.90. The summed E-state index contributed by atoms with van der Waals surface area (Å²) < 4.78 is 0. The largest absolute Gasteiger partial charge is 0.370 e. The van der Waals surface area contributed by atoms with Crippen molar-refractivity contribution in [2.24, 2.45) is 5.73 Å². The molecule has 4 rings (SSSR count). The van der Waals surface area contributed by atoms with Crippen molar-refractivity contribution < 1.29 is 9.59 Å². The molecule has 0 bridgehead atoms. The number of rotatable bonds is 6. The number of amides is 2. The van der Waals surface area contributed by atoms with Gasteiger partial charge in [0, 0.05) is 30.2 Å². The number of hydrogen-bond acceptors (Lipinski definition) is 7. The van der Waals surface area contributed by atoms with Gasteiger partial charge < -0.3 is 16.0 Å². The van der Waals surface area contributed by atoms with Gasteiger partial charge >= 0.3 is 0 Å². The second-order valence-electron chi connectivity index (χ2n) is 7.77. The first-order valence-electron chi connectivity index (χ1n) is 9.98. The van der Waals surface area contributed by atoms with Crippen molar-refractivity contribution in [3.63, 3.8) is 0 Å². The molecule has 1 aromatic carbocycles. The van der Waals surface area contributed by atoms with Gasteiger partial charge in [0.15, 0.2) is 0 Å². The van der Waals surface area contributed by atoms with Crippen LogP contribution in [-0.4, -0.2) is 64.6 Å². The summed E-state index contributed by atoms with van der Waals surface area (Å²) in [6.07, 6.45) is 4.66. The van der Waals surface area contributed by atoms with E-state index in [0.717, 1.165) is 16.3 Å². The molecule has 1 fully saturated rings. The van der Waals surface area contributed by atoms with E-state index in [4.69, 9.17) is 5.73 Å². The van der Waals surface area contributed by atoms with Crippen LogP contribution in [0, 0.1) is 0 Å². The number of nitrogens with one attached hydrogen (secondary N) is 2. The molecule has 0 atom stereocenters. The van der Waals surface area contributed by atoms with E-state index in [0.29, 0.717) is 37.3 Å². The highest BCUT2D eigenvalue weighted by molar-refractivity contribution is 7.13. The van der Waals surface area contributed by atoms with Crippen LogP contribution in [0.5, 0.6) is 0 Å². The maximum Gasteiger partial charge on any atom is 0.275 e. The Morgan fingerprint density at radius 2 is 2.00 bits per heavy atom. The Bertz CT molecular complexity index is 1070. The SMILES string of the molecule is CN(C)C1(C(N)=O)CCN(c2ccccc2NC(=O)c2csc(-c3cn[nH]c3)n2)CC1. The first-order chi connectivity index (χ1) is 14.9. The maximum absolute atomic E-state index is 12.8. The Kier molecular flexibility index (Phi) is 5.75. The lowest BCUT2D eigenvalue weighted by Gasteiger charge is -2.44. The zero-order valence-electron chi connectivity index (χ0n) is 17.5. The van der Waals surface area contributed by atoms with Gasteiger partial charge in [0.25, 0.3) is 5.91 Å². The van der Waals surface area contributed by atoms with E-state index in [1.165, 1.54) is 11.3 Å². The minimum atomic E-state index is -0.640. The third-order valence-corrected chi connectivity index (χ3v) is 6.77. The third-order valence-electron chi connectivity index (χ3n) is 5.88. The normalized spacial score (nSPS) is 15.8. The summed E-state index contributed by atoms with van der Waals surface area (Å²) in [7, 11) is 3.78. The number of nitrogens with zero attached hydrogens (tertiary/aromatic N) is 4. The van der Waals surface area contributed by atoms with Crippen LogP contribution in [0.4, 0.5) is 11.4 Å². The molecule has 10 heteroatoms. The van der Waals surface area contributed by atoms with E-state index in [1.54, 1.807) is 17.8 Å². The number of benzene rings is 1. The molecule has 3 aromatic rings.